The van der Waals surface area contributed by atoms with Gasteiger partial charge in [0.05, 0.1) is 4.90 Å². The van der Waals surface area contributed by atoms with Crippen LogP contribution in [0.15, 0.2) is 29.2 Å². The molecule has 1 aromatic carbocycles. The fourth-order valence-electron chi connectivity index (χ4n) is 1.57. The highest BCUT2D eigenvalue weighted by molar-refractivity contribution is 7.91. The van der Waals surface area contributed by atoms with Crippen molar-refractivity contribution in [2.24, 2.45) is 7.05 Å². The summed E-state index contributed by atoms with van der Waals surface area (Å²) in [5, 5.41) is 9.69. The summed E-state index contributed by atoms with van der Waals surface area (Å²) >= 11 is 0. The molecule has 0 fully saturated rings. The molecule has 0 N–H and O–H groups in total. The number of halogens is 1. The van der Waals surface area contributed by atoms with Crippen LogP contribution < -0.4 is 0 Å². The lowest BCUT2D eigenvalue weighted by Crippen LogP contribution is -2.15. The number of sulfone groups is 1. The maximum Gasteiger partial charge on any atom is 0.188 e. The summed E-state index contributed by atoms with van der Waals surface area (Å²) < 4.78 is 38.9. The highest BCUT2D eigenvalue weighted by Crippen LogP contribution is 2.26. The van der Waals surface area contributed by atoms with Gasteiger partial charge < -0.3 is 0 Å². The molecule has 18 heavy (non-hydrogen) atoms. The largest absolute Gasteiger partial charge is 0.231 e. The van der Waals surface area contributed by atoms with Crippen LogP contribution in [0.5, 0.6) is 0 Å². The van der Waals surface area contributed by atoms with Gasteiger partial charge in [0, 0.05) is 7.05 Å². The van der Waals surface area contributed by atoms with Crippen molar-refractivity contribution in [2.45, 2.75) is 17.1 Å². The minimum absolute atomic E-state index is 0.0852. The maximum atomic E-state index is 13.1. The van der Waals surface area contributed by atoms with E-state index in [2.05, 4.69) is 15.5 Å². The third kappa shape index (κ3) is 2.10. The van der Waals surface area contributed by atoms with Crippen LogP contribution >= 0.6 is 0 Å². The Bertz CT molecular complexity index is 668. The van der Waals surface area contributed by atoms with Gasteiger partial charge in [0.25, 0.3) is 0 Å². The molecule has 0 amide bonds. The van der Waals surface area contributed by atoms with Gasteiger partial charge in [-0.05, 0) is 35.5 Å². The molecule has 0 radical (unpaired) electrons. The predicted octanol–water partition coefficient (Wildman–Crippen LogP) is 0.884. The number of nitrogens with zero attached hydrogens (tertiary/aromatic N) is 4. The molecular weight excluding hydrogens is 259 g/mol. The Labute approximate surface area is 103 Å². The van der Waals surface area contributed by atoms with Gasteiger partial charge in [0.2, 0.25) is 0 Å². The first-order chi connectivity index (χ1) is 8.43. The van der Waals surface area contributed by atoms with Crippen molar-refractivity contribution in [3.05, 3.63) is 35.9 Å². The highest BCUT2D eigenvalue weighted by Gasteiger charge is 2.29. The smallest absolute Gasteiger partial charge is 0.188 e. The van der Waals surface area contributed by atoms with E-state index in [1.165, 1.54) is 29.8 Å². The van der Waals surface area contributed by atoms with Crippen LogP contribution in [0.4, 0.5) is 4.39 Å². The van der Waals surface area contributed by atoms with Gasteiger partial charge in [0.1, 0.15) is 11.1 Å². The first-order valence-corrected chi connectivity index (χ1v) is 6.69. The molecule has 0 saturated heterocycles. The summed E-state index contributed by atoms with van der Waals surface area (Å²) in [6.07, 6.45) is 0. The molecule has 0 saturated carbocycles. The molecule has 0 aliphatic heterocycles. The molecule has 0 aliphatic carbocycles. The van der Waals surface area contributed by atoms with Crippen LogP contribution in [-0.2, 0) is 16.9 Å². The Morgan fingerprint density at radius 1 is 1.39 bits per heavy atom. The van der Waals surface area contributed by atoms with E-state index in [-0.39, 0.29) is 10.7 Å². The molecule has 1 unspecified atom stereocenters. The first-order valence-electron chi connectivity index (χ1n) is 5.14. The van der Waals surface area contributed by atoms with E-state index in [9.17, 15) is 12.8 Å². The Morgan fingerprint density at radius 3 is 2.67 bits per heavy atom. The van der Waals surface area contributed by atoms with Crippen molar-refractivity contribution >= 4 is 9.84 Å². The Kier molecular flexibility index (Phi) is 3.12. The number of hydrogen-bond acceptors (Lipinski definition) is 5. The normalized spacial score (nSPS) is 13.5. The molecule has 0 aliphatic rings. The zero-order valence-electron chi connectivity index (χ0n) is 9.78. The lowest BCUT2D eigenvalue weighted by atomic mass is 10.3. The molecule has 2 rings (SSSR count). The van der Waals surface area contributed by atoms with Crippen LogP contribution in [0, 0.1) is 5.82 Å². The van der Waals surface area contributed by atoms with Gasteiger partial charge in [-0.2, -0.15) is 0 Å². The summed E-state index contributed by atoms with van der Waals surface area (Å²) in [5.41, 5.74) is 0. The molecule has 6 nitrogen and oxygen atoms in total. The van der Waals surface area contributed by atoms with Crippen LogP contribution in [0.25, 0.3) is 0 Å². The van der Waals surface area contributed by atoms with Crippen molar-refractivity contribution in [3.8, 4) is 0 Å². The molecule has 1 atom stereocenters. The molecule has 0 bridgehead atoms. The molecule has 96 valence electrons. The average molecular weight is 270 g/mol. The third-order valence-electron chi connectivity index (χ3n) is 2.61. The van der Waals surface area contributed by atoms with E-state index < -0.39 is 20.9 Å². The van der Waals surface area contributed by atoms with Crippen molar-refractivity contribution in [1.29, 1.82) is 0 Å². The van der Waals surface area contributed by atoms with Gasteiger partial charge in [-0.3, -0.25) is 0 Å². The van der Waals surface area contributed by atoms with Crippen molar-refractivity contribution in [3.63, 3.8) is 0 Å². The first kappa shape index (κ1) is 12.6. The second-order valence-corrected chi connectivity index (χ2v) is 6.07. The third-order valence-corrected chi connectivity index (χ3v) is 4.66. The summed E-state index contributed by atoms with van der Waals surface area (Å²) in [4.78, 5) is -0.0852. The fraction of sp³-hybridized carbons (Fsp3) is 0.300. The molecule has 1 heterocycles. The summed E-state index contributed by atoms with van der Waals surface area (Å²) in [6, 6.07) is 4.87. The fourth-order valence-corrected chi connectivity index (χ4v) is 3.00. The van der Waals surface area contributed by atoms with E-state index in [1.54, 1.807) is 7.05 Å². The van der Waals surface area contributed by atoms with Crippen molar-refractivity contribution in [2.75, 3.05) is 0 Å². The van der Waals surface area contributed by atoms with Gasteiger partial charge in [-0.15, -0.1) is 5.10 Å². The van der Waals surface area contributed by atoms with Gasteiger partial charge in [0.15, 0.2) is 15.7 Å². The number of rotatable bonds is 3. The monoisotopic (exact) mass is 270 g/mol. The maximum absolute atomic E-state index is 13.1. The Morgan fingerprint density at radius 2 is 2.11 bits per heavy atom. The molecule has 1 aromatic heterocycles. The van der Waals surface area contributed by atoms with Gasteiger partial charge in [-0.1, -0.05) is 6.07 Å². The summed E-state index contributed by atoms with van der Waals surface area (Å²) in [5.74, 6) is -0.390. The Balaban J connectivity index is 2.47. The molecule has 2 aromatic rings. The number of tetrazole rings is 1. The van der Waals surface area contributed by atoms with Crippen LogP contribution in [-0.4, -0.2) is 28.6 Å². The standard InChI is InChI=1S/C10H11FN4O2S/c1-7(10-12-13-14-15(10)2)18(16,17)9-5-3-4-8(11)6-9/h3-7H,1-2H3. The molecule has 8 heteroatoms. The average Bonchev–Trinajstić information content (AvgIpc) is 2.74. The SMILES string of the molecule is CC(c1nnnn1C)S(=O)(=O)c1cccc(F)c1. The molecule has 0 spiro atoms. The summed E-state index contributed by atoms with van der Waals surface area (Å²) in [6.45, 7) is 1.46. The predicted molar refractivity (Wildman–Crippen MR) is 60.8 cm³/mol. The Hall–Kier alpha value is -1.83. The topological polar surface area (TPSA) is 77.7 Å². The second-order valence-electron chi connectivity index (χ2n) is 3.81. The van der Waals surface area contributed by atoms with Crippen LogP contribution in [0.2, 0.25) is 0 Å². The van der Waals surface area contributed by atoms with E-state index in [1.807, 2.05) is 0 Å². The van der Waals surface area contributed by atoms with Crippen LogP contribution in [0.3, 0.4) is 0 Å². The lowest BCUT2D eigenvalue weighted by Gasteiger charge is -2.11. The highest BCUT2D eigenvalue weighted by atomic mass is 32.2. The number of benzene rings is 1. The van der Waals surface area contributed by atoms with E-state index >= 15 is 0 Å². The second kappa shape index (κ2) is 4.45. The quantitative estimate of drug-likeness (QED) is 0.827. The van der Waals surface area contributed by atoms with E-state index in [4.69, 9.17) is 0 Å². The zero-order chi connectivity index (χ0) is 13.3. The van der Waals surface area contributed by atoms with E-state index in [0.29, 0.717) is 0 Å². The van der Waals surface area contributed by atoms with Gasteiger partial charge >= 0.3 is 0 Å². The minimum Gasteiger partial charge on any atom is -0.231 e. The zero-order valence-corrected chi connectivity index (χ0v) is 10.6. The van der Waals surface area contributed by atoms with Crippen LogP contribution in [0.1, 0.15) is 18.0 Å². The number of aryl methyl sites for hydroxylation is 1. The van der Waals surface area contributed by atoms with Gasteiger partial charge in [-0.25, -0.2) is 17.5 Å². The molecular formula is C10H11FN4O2S. The minimum atomic E-state index is -3.71. The summed E-state index contributed by atoms with van der Waals surface area (Å²) in [7, 11) is -2.16. The lowest BCUT2D eigenvalue weighted by molar-refractivity contribution is 0.573. The van der Waals surface area contributed by atoms with E-state index in [0.717, 1.165) is 6.07 Å². The van der Waals surface area contributed by atoms with Crippen molar-refractivity contribution in [1.82, 2.24) is 20.2 Å². The number of hydrogen-bond donors (Lipinski definition) is 0. The number of aromatic nitrogens is 4. The van der Waals surface area contributed by atoms with Crippen molar-refractivity contribution < 1.29 is 12.8 Å².